The van der Waals surface area contributed by atoms with Crippen LogP contribution in [0.1, 0.15) is 19.8 Å². The SMILES string of the molecule is COCCN1C2CC(C[C@H]3CN(C)C[C@@H](C)N3CCOC)C1CN(C)C2. The predicted molar refractivity (Wildman–Crippen MR) is 106 cm³/mol. The lowest BCUT2D eigenvalue weighted by Crippen LogP contribution is -2.58. The van der Waals surface area contributed by atoms with Gasteiger partial charge < -0.3 is 19.3 Å². The molecular formula is C20H40N4O2. The zero-order valence-corrected chi connectivity index (χ0v) is 17.6. The summed E-state index contributed by atoms with van der Waals surface area (Å²) in [5, 5.41) is 0. The molecule has 3 rings (SSSR count). The quantitative estimate of drug-likeness (QED) is 0.626. The van der Waals surface area contributed by atoms with Crippen molar-refractivity contribution in [3.05, 3.63) is 0 Å². The van der Waals surface area contributed by atoms with E-state index in [1.54, 1.807) is 0 Å². The third-order valence-electron chi connectivity index (χ3n) is 6.85. The molecule has 0 saturated carbocycles. The van der Waals surface area contributed by atoms with E-state index in [-0.39, 0.29) is 0 Å². The average Bonchev–Trinajstić information content (AvgIpc) is 2.78. The monoisotopic (exact) mass is 368 g/mol. The molecule has 3 fully saturated rings. The van der Waals surface area contributed by atoms with Gasteiger partial charge in [-0.2, -0.15) is 0 Å². The van der Waals surface area contributed by atoms with Crippen LogP contribution < -0.4 is 0 Å². The van der Waals surface area contributed by atoms with Gasteiger partial charge in [0, 0.05) is 77.7 Å². The van der Waals surface area contributed by atoms with Gasteiger partial charge in [-0.15, -0.1) is 0 Å². The number of rotatable bonds is 8. The summed E-state index contributed by atoms with van der Waals surface area (Å²) in [4.78, 5) is 10.5. The molecule has 3 aliphatic rings. The fourth-order valence-electron chi connectivity index (χ4n) is 5.78. The molecular weight excluding hydrogens is 328 g/mol. The second kappa shape index (κ2) is 9.30. The molecule has 152 valence electrons. The number of ether oxygens (including phenoxy) is 2. The summed E-state index contributed by atoms with van der Waals surface area (Å²) in [5.41, 5.74) is 0. The highest BCUT2D eigenvalue weighted by Crippen LogP contribution is 2.38. The summed E-state index contributed by atoms with van der Waals surface area (Å²) < 4.78 is 10.8. The summed E-state index contributed by atoms with van der Waals surface area (Å²) in [6, 6.07) is 2.67. The van der Waals surface area contributed by atoms with E-state index in [4.69, 9.17) is 9.47 Å². The molecule has 0 N–H and O–H groups in total. The number of fused-ring (bicyclic) bond motifs is 2. The van der Waals surface area contributed by atoms with Gasteiger partial charge in [0.2, 0.25) is 0 Å². The first-order valence-corrected chi connectivity index (χ1v) is 10.4. The molecule has 2 bridgehead atoms. The van der Waals surface area contributed by atoms with Crippen LogP contribution in [0.15, 0.2) is 0 Å². The highest BCUT2D eigenvalue weighted by Gasteiger charge is 2.46. The molecule has 6 heteroatoms. The van der Waals surface area contributed by atoms with E-state index in [1.807, 2.05) is 14.2 Å². The van der Waals surface area contributed by atoms with Crippen molar-refractivity contribution in [1.29, 1.82) is 0 Å². The smallest absolute Gasteiger partial charge is 0.0589 e. The topological polar surface area (TPSA) is 31.4 Å². The van der Waals surface area contributed by atoms with E-state index >= 15 is 0 Å². The molecule has 5 atom stereocenters. The van der Waals surface area contributed by atoms with Crippen LogP contribution in [-0.2, 0) is 9.47 Å². The van der Waals surface area contributed by atoms with Crippen LogP contribution in [-0.4, -0.2) is 125 Å². The van der Waals surface area contributed by atoms with E-state index in [2.05, 4.69) is 40.6 Å². The fraction of sp³-hybridized carbons (Fsp3) is 1.00. The molecule has 3 heterocycles. The van der Waals surface area contributed by atoms with Crippen molar-refractivity contribution in [2.24, 2.45) is 5.92 Å². The molecule has 0 amide bonds. The molecule has 0 aliphatic carbocycles. The lowest BCUT2D eigenvalue weighted by molar-refractivity contribution is 0.00655. The Bertz CT molecular complexity index is 438. The molecule has 3 aliphatic heterocycles. The van der Waals surface area contributed by atoms with Gasteiger partial charge in [-0.25, -0.2) is 0 Å². The summed E-state index contributed by atoms with van der Waals surface area (Å²) in [7, 11) is 8.21. The molecule has 0 aromatic heterocycles. The number of nitrogens with zero attached hydrogens (tertiary/aromatic N) is 4. The van der Waals surface area contributed by atoms with Crippen molar-refractivity contribution >= 4 is 0 Å². The fourth-order valence-corrected chi connectivity index (χ4v) is 5.78. The minimum Gasteiger partial charge on any atom is -0.383 e. The molecule has 26 heavy (non-hydrogen) atoms. The van der Waals surface area contributed by atoms with Crippen LogP contribution >= 0.6 is 0 Å². The molecule has 6 nitrogen and oxygen atoms in total. The molecule has 0 aromatic carbocycles. The minimum absolute atomic E-state index is 0.613. The highest BCUT2D eigenvalue weighted by molar-refractivity contribution is 5.02. The van der Waals surface area contributed by atoms with Gasteiger partial charge in [0.25, 0.3) is 0 Å². The van der Waals surface area contributed by atoms with Crippen molar-refractivity contribution in [3.63, 3.8) is 0 Å². The lowest BCUT2D eigenvalue weighted by Gasteiger charge is -2.46. The van der Waals surface area contributed by atoms with Gasteiger partial charge >= 0.3 is 0 Å². The van der Waals surface area contributed by atoms with Crippen molar-refractivity contribution < 1.29 is 9.47 Å². The Labute approximate surface area is 160 Å². The summed E-state index contributed by atoms with van der Waals surface area (Å²) in [5.74, 6) is 0.801. The molecule has 0 spiro atoms. The molecule has 3 saturated heterocycles. The largest absolute Gasteiger partial charge is 0.383 e. The zero-order valence-electron chi connectivity index (χ0n) is 17.6. The van der Waals surface area contributed by atoms with Crippen LogP contribution in [0.4, 0.5) is 0 Å². The second-order valence-corrected chi connectivity index (χ2v) is 8.86. The lowest BCUT2D eigenvalue weighted by atomic mass is 9.89. The van der Waals surface area contributed by atoms with Crippen molar-refractivity contribution in [2.45, 2.75) is 43.9 Å². The van der Waals surface area contributed by atoms with Gasteiger partial charge in [0.1, 0.15) is 0 Å². The Kier molecular flexibility index (Phi) is 7.33. The van der Waals surface area contributed by atoms with Gasteiger partial charge in [-0.05, 0) is 39.8 Å². The first-order chi connectivity index (χ1) is 12.5. The number of piperazine rings is 2. The van der Waals surface area contributed by atoms with Gasteiger partial charge in [-0.1, -0.05) is 0 Å². The van der Waals surface area contributed by atoms with Crippen LogP contribution in [0.2, 0.25) is 0 Å². The first-order valence-electron chi connectivity index (χ1n) is 10.4. The Morgan fingerprint density at radius 3 is 2.19 bits per heavy atom. The van der Waals surface area contributed by atoms with Crippen LogP contribution in [0.5, 0.6) is 0 Å². The molecule has 0 aromatic rings. The Morgan fingerprint density at radius 2 is 1.50 bits per heavy atom. The van der Waals surface area contributed by atoms with Gasteiger partial charge in [-0.3, -0.25) is 9.80 Å². The summed E-state index contributed by atoms with van der Waals surface area (Å²) >= 11 is 0. The maximum atomic E-state index is 5.40. The van der Waals surface area contributed by atoms with E-state index in [0.717, 1.165) is 32.2 Å². The van der Waals surface area contributed by atoms with Crippen LogP contribution in [0.25, 0.3) is 0 Å². The number of methoxy groups -OCH3 is 2. The highest BCUT2D eigenvalue weighted by atomic mass is 16.5. The van der Waals surface area contributed by atoms with E-state index in [0.29, 0.717) is 24.2 Å². The first kappa shape index (κ1) is 20.5. The van der Waals surface area contributed by atoms with E-state index in [9.17, 15) is 0 Å². The third kappa shape index (κ3) is 4.59. The predicted octanol–water partition coefficient (Wildman–Crippen LogP) is 0.678. The number of hydrogen-bond donors (Lipinski definition) is 0. The van der Waals surface area contributed by atoms with E-state index in [1.165, 1.54) is 39.0 Å². The number of likely N-dealkylation sites (N-methyl/N-ethyl adjacent to an activating group) is 2. The maximum absolute atomic E-state index is 5.40. The molecule has 3 unspecified atom stereocenters. The summed E-state index contributed by atoms with van der Waals surface area (Å²) in [6.07, 6.45) is 2.67. The normalized spacial score (nSPS) is 37.5. The number of hydrogen-bond acceptors (Lipinski definition) is 6. The van der Waals surface area contributed by atoms with Crippen LogP contribution in [0.3, 0.4) is 0 Å². The van der Waals surface area contributed by atoms with Gasteiger partial charge in [0.05, 0.1) is 13.2 Å². The van der Waals surface area contributed by atoms with Crippen molar-refractivity contribution in [1.82, 2.24) is 19.6 Å². The molecule has 0 radical (unpaired) electrons. The third-order valence-corrected chi connectivity index (χ3v) is 6.85. The summed E-state index contributed by atoms with van der Waals surface area (Å²) in [6.45, 7) is 11.0. The van der Waals surface area contributed by atoms with Crippen molar-refractivity contribution in [3.8, 4) is 0 Å². The Morgan fingerprint density at radius 1 is 0.846 bits per heavy atom. The minimum atomic E-state index is 0.613. The van der Waals surface area contributed by atoms with Crippen LogP contribution in [0, 0.1) is 5.92 Å². The van der Waals surface area contributed by atoms with Gasteiger partial charge in [0.15, 0.2) is 0 Å². The zero-order chi connectivity index (χ0) is 18.7. The van der Waals surface area contributed by atoms with E-state index < -0.39 is 0 Å². The average molecular weight is 369 g/mol. The van der Waals surface area contributed by atoms with Crippen molar-refractivity contribution in [2.75, 3.05) is 80.8 Å². The second-order valence-electron chi connectivity index (χ2n) is 8.86. The number of likely N-dealkylation sites (tertiary alicyclic amines) is 1. The maximum Gasteiger partial charge on any atom is 0.0589 e. The Balaban J connectivity index is 1.67. The standard InChI is InChI=1S/C20H40N4O2/c1-16-12-21(2)13-18(23(16)6-8-25-4)10-17-11-19-14-22(3)15-20(17)24(19)7-9-26-5/h16-20H,6-15H2,1-5H3/t16-,17?,18+,19?,20?/m1/s1. The Hall–Kier alpha value is -0.240.